The second kappa shape index (κ2) is 19.5. The maximum Gasteiger partial charge on any atom is 2.00 e. The zero-order chi connectivity index (χ0) is 9.33. The van der Waals surface area contributed by atoms with Gasteiger partial charge >= 0.3 is 16.5 Å². The Morgan fingerprint density at radius 2 is 1.21 bits per heavy atom. The molecule has 94 valence electrons. The fourth-order valence-electron chi connectivity index (χ4n) is 0.750. The largest absolute Gasteiger partial charge is 2.00 e. The van der Waals surface area contributed by atoms with Crippen molar-refractivity contribution < 1.29 is 16.5 Å². The standard InChI is InChI=1S/C6H16Si.C3H10Si.2CH3.Ni/c1-5-6-7(2,3)4;1-2-3-4;;;/h5-6H2,1-4H3;2-3H2,1,4H3;2*1H3;/q;;2*-1;+2. The van der Waals surface area contributed by atoms with Crippen molar-refractivity contribution in [3.8, 4) is 0 Å². The molecule has 0 spiro atoms. The summed E-state index contributed by atoms with van der Waals surface area (Å²) in [4.78, 5) is 0. The van der Waals surface area contributed by atoms with Gasteiger partial charge in [-0.05, 0) is 0 Å². The number of hydrogen-bond donors (Lipinski definition) is 0. The number of rotatable bonds is 3. The van der Waals surface area contributed by atoms with Gasteiger partial charge in [0.05, 0.1) is 0 Å². The molecule has 0 radical (unpaired) electrons. The quantitative estimate of drug-likeness (QED) is 0.544. The van der Waals surface area contributed by atoms with Crippen molar-refractivity contribution in [1.82, 2.24) is 0 Å². The Balaban J connectivity index is -0.0000000347. The van der Waals surface area contributed by atoms with Crippen LogP contribution in [0.2, 0.25) is 31.7 Å². The molecule has 0 heterocycles. The Morgan fingerprint density at radius 3 is 1.21 bits per heavy atom. The van der Waals surface area contributed by atoms with Crippen LogP contribution >= 0.6 is 0 Å². The number of hydrogen-bond acceptors (Lipinski definition) is 0. The van der Waals surface area contributed by atoms with Crippen LogP contribution in [0.4, 0.5) is 0 Å². The monoisotopic (exact) mass is 278 g/mol. The zero-order valence-electron chi connectivity index (χ0n) is 11.6. The average Bonchev–Trinajstić information content (AvgIpc) is 1.86. The molecule has 0 rings (SSSR count). The van der Waals surface area contributed by atoms with E-state index in [0.717, 1.165) is 0 Å². The van der Waals surface area contributed by atoms with Crippen LogP contribution in [0.15, 0.2) is 0 Å². The molecule has 0 fully saturated rings. The van der Waals surface area contributed by atoms with Crippen LogP contribution in [0, 0.1) is 14.9 Å². The van der Waals surface area contributed by atoms with Gasteiger partial charge in [0.25, 0.3) is 0 Å². The van der Waals surface area contributed by atoms with Crippen LogP contribution in [-0.4, -0.2) is 18.3 Å². The molecule has 0 aliphatic heterocycles. The van der Waals surface area contributed by atoms with Crippen LogP contribution in [0.5, 0.6) is 0 Å². The first-order valence-corrected chi connectivity index (χ1v) is 10.1. The Kier molecular flexibility index (Phi) is 40.9. The molecule has 0 atom stereocenters. The Bertz CT molecular complexity index is 68.2. The Morgan fingerprint density at radius 1 is 0.929 bits per heavy atom. The van der Waals surface area contributed by atoms with Gasteiger partial charge in [0.1, 0.15) is 0 Å². The van der Waals surface area contributed by atoms with E-state index in [1.54, 1.807) is 0 Å². The van der Waals surface area contributed by atoms with Crippen LogP contribution in [0.3, 0.4) is 0 Å². The van der Waals surface area contributed by atoms with Crippen molar-refractivity contribution >= 4 is 18.3 Å². The summed E-state index contributed by atoms with van der Waals surface area (Å²) in [5.41, 5.74) is 0. The van der Waals surface area contributed by atoms with Crippen molar-refractivity contribution in [2.24, 2.45) is 0 Å². The smallest absolute Gasteiger partial charge is 0.358 e. The summed E-state index contributed by atoms with van der Waals surface area (Å²) in [5.74, 6) is 0. The molecule has 0 bridgehead atoms. The normalized spacial score (nSPS) is 8.36. The van der Waals surface area contributed by atoms with Gasteiger partial charge in [-0.3, -0.25) is 0 Å². The van der Waals surface area contributed by atoms with Crippen LogP contribution in [-0.2, 0) is 16.5 Å². The van der Waals surface area contributed by atoms with Gasteiger partial charge in [-0.1, -0.05) is 58.4 Å². The average molecular weight is 279 g/mol. The third-order valence-corrected chi connectivity index (χ3v) is 4.50. The predicted molar refractivity (Wildman–Crippen MR) is 76.3 cm³/mol. The SMILES string of the molecule is CCC[SiH3].CCC[Si](C)(C)C.[CH3-].[CH3-].[Ni+2]. The van der Waals surface area contributed by atoms with Gasteiger partial charge in [-0.25, -0.2) is 0 Å². The summed E-state index contributed by atoms with van der Waals surface area (Å²) in [6.45, 7) is 11.7. The Hall–Kier alpha value is 0.927. The van der Waals surface area contributed by atoms with Gasteiger partial charge in [-0.15, -0.1) is 0 Å². The van der Waals surface area contributed by atoms with E-state index in [9.17, 15) is 0 Å². The summed E-state index contributed by atoms with van der Waals surface area (Å²) < 4.78 is 0. The minimum atomic E-state index is -0.657. The maximum atomic E-state index is 2.41. The van der Waals surface area contributed by atoms with Gasteiger partial charge in [0.15, 0.2) is 0 Å². The van der Waals surface area contributed by atoms with Crippen LogP contribution in [0.25, 0.3) is 0 Å². The summed E-state index contributed by atoms with van der Waals surface area (Å²) in [6.07, 6.45) is 2.75. The van der Waals surface area contributed by atoms with Crippen molar-refractivity contribution in [3.05, 3.63) is 14.9 Å². The van der Waals surface area contributed by atoms with E-state index < -0.39 is 8.07 Å². The predicted octanol–water partition coefficient (Wildman–Crippen LogP) is 3.81. The molecule has 14 heavy (non-hydrogen) atoms. The first kappa shape index (κ1) is 29.4. The second-order valence-electron chi connectivity index (χ2n) is 4.31. The molecule has 0 aromatic heterocycles. The molecular weight excluding hydrogens is 247 g/mol. The van der Waals surface area contributed by atoms with Crippen molar-refractivity contribution in [2.75, 3.05) is 0 Å². The zero-order valence-corrected chi connectivity index (χ0v) is 15.6. The first-order valence-electron chi connectivity index (χ1n) is 4.97. The molecule has 0 saturated heterocycles. The van der Waals surface area contributed by atoms with Gasteiger partial charge < -0.3 is 14.9 Å². The summed E-state index contributed by atoms with van der Waals surface area (Å²) in [6, 6.07) is 2.94. The Labute approximate surface area is 108 Å². The second-order valence-corrected chi connectivity index (χ2v) is 10.9. The molecule has 0 unspecified atom stereocenters. The third kappa shape index (κ3) is 52.3. The maximum absolute atomic E-state index is 2.41. The van der Waals surface area contributed by atoms with Gasteiger partial charge in [0, 0.05) is 18.3 Å². The van der Waals surface area contributed by atoms with E-state index in [4.69, 9.17) is 0 Å². The molecule has 0 N–H and O–H groups in total. The van der Waals surface area contributed by atoms with Crippen molar-refractivity contribution in [3.63, 3.8) is 0 Å². The molecule has 0 amide bonds. The molecular formula is C11H32NiSi2. The molecule has 0 aromatic carbocycles. The first-order chi connectivity index (χ1) is 4.97. The summed E-state index contributed by atoms with van der Waals surface area (Å²) in [7, 11) is 0.732. The van der Waals surface area contributed by atoms with E-state index in [0.29, 0.717) is 0 Å². The van der Waals surface area contributed by atoms with E-state index in [1.807, 2.05) is 0 Å². The fourth-order valence-corrected chi connectivity index (χ4v) is 2.25. The van der Waals surface area contributed by atoms with Crippen LogP contribution < -0.4 is 0 Å². The molecule has 0 aliphatic rings. The molecule has 0 aromatic rings. The molecule has 0 aliphatic carbocycles. The minimum absolute atomic E-state index is 0. The van der Waals surface area contributed by atoms with E-state index in [-0.39, 0.29) is 31.3 Å². The molecule has 0 saturated carbocycles. The molecule has 0 nitrogen and oxygen atoms in total. The fraction of sp³-hybridized carbons (Fsp3) is 0.818. The van der Waals surface area contributed by atoms with Gasteiger partial charge in [0.2, 0.25) is 0 Å². The van der Waals surface area contributed by atoms with E-state index >= 15 is 0 Å². The molecule has 3 heteroatoms. The van der Waals surface area contributed by atoms with Gasteiger partial charge in [-0.2, -0.15) is 0 Å². The summed E-state index contributed by atoms with van der Waals surface area (Å²) >= 11 is 0. The van der Waals surface area contributed by atoms with Crippen LogP contribution in [0.1, 0.15) is 26.7 Å². The summed E-state index contributed by atoms with van der Waals surface area (Å²) in [5, 5.41) is 0. The van der Waals surface area contributed by atoms with Crippen molar-refractivity contribution in [1.29, 1.82) is 0 Å². The van der Waals surface area contributed by atoms with E-state index in [1.165, 1.54) is 35.2 Å². The topological polar surface area (TPSA) is 0 Å². The third-order valence-electron chi connectivity index (χ3n) is 1.50. The van der Waals surface area contributed by atoms with Crippen molar-refractivity contribution in [2.45, 2.75) is 58.4 Å². The van der Waals surface area contributed by atoms with E-state index in [2.05, 4.69) is 33.5 Å². The minimum Gasteiger partial charge on any atom is -0.358 e.